The molecule has 0 unspecified atom stereocenters. The van der Waals surface area contributed by atoms with Crippen molar-refractivity contribution in [2.24, 2.45) is 0 Å². The van der Waals surface area contributed by atoms with Crippen LogP contribution in [0.1, 0.15) is 24.8 Å². The van der Waals surface area contributed by atoms with Gasteiger partial charge in [0.2, 0.25) is 5.88 Å². The van der Waals surface area contributed by atoms with Crippen molar-refractivity contribution in [1.29, 1.82) is 5.26 Å². The summed E-state index contributed by atoms with van der Waals surface area (Å²) < 4.78 is 50.5. The average molecular weight is 531 g/mol. The number of hydrogen-bond acceptors (Lipinski definition) is 7. The lowest BCUT2D eigenvalue weighted by Gasteiger charge is -2.30. The zero-order valence-corrected chi connectivity index (χ0v) is 20.3. The smallest absolute Gasteiger partial charge is 0.320 e. The predicted molar refractivity (Wildman–Crippen MR) is 130 cm³/mol. The van der Waals surface area contributed by atoms with Crippen molar-refractivity contribution in [2.75, 3.05) is 19.7 Å². The second-order valence-corrected chi connectivity index (χ2v) is 10.5. The number of halogens is 4. The van der Waals surface area contributed by atoms with E-state index >= 15 is 4.39 Å². The fourth-order valence-corrected chi connectivity index (χ4v) is 6.74. The molecule has 11 heteroatoms. The number of nitriles is 1. The van der Waals surface area contributed by atoms with E-state index in [-0.39, 0.29) is 55.3 Å². The minimum Gasteiger partial charge on any atom is -0.493 e. The lowest BCUT2D eigenvalue weighted by Crippen LogP contribution is -2.43. The van der Waals surface area contributed by atoms with Gasteiger partial charge in [0.15, 0.2) is 5.82 Å². The molecule has 1 N–H and O–H groups in total. The molecule has 0 spiro atoms. The molecule has 2 aliphatic rings. The standard InChI is InChI=1S/C25H18ClF3N4O2S/c26-16-6-15-21(20(29)19(16)14-2-3-17(28)22-18(14)12(8-30)10-36-22)31-24(32-23(15)34)35-11-25-4-1-5-33(25)9-13(27)7-25/h2-3,6,10,13H,1,4-5,7,9,11H2,(H,31,32,34)/t13-,25+/m1/s1. The highest BCUT2D eigenvalue weighted by atomic mass is 35.5. The normalized spacial score (nSPS) is 21.8. The molecular formula is C25H18ClF3N4O2S. The molecule has 2 saturated heterocycles. The Morgan fingerprint density at radius 3 is 2.97 bits per heavy atom. The largest absolute Gasteiger partial charge is 0.493 e. The van der Waals surface area contributed by atoms with E-state index in [2.05, 4.69) is 14.9 Å². The maximum absolute atomic E-state index is 16.0. The highest BCUT2D eigenvalue weighted by Crippen LogP contribution is 2.44. The summed E-state index contributed by atoms with van der Waals surface area (Å²) in [6.07, 6.45) is 1.09. The Kier molecular flexibility index (Phi) is 5.48. The van der Waals surface area contributed by atoms with Crippen LogP contribution in [0.5, 0.6) is 11.9 Å². The highest BCUT2D eigenvalue weighted by molar-refractivity contribution is 7.17. The van der Waals surface area contributed by atoms with Crippen LogP contribution < -0.4 is 4.74 Å². The van der Waals surface area contributed by atoms with Gasteiger partial charge in [-0.25, -0.2) is 13.2 Å². The molecular weight excluding hydrogens is 513 g/mol. The summed E-state index contributed by atoms with van der Waals surface area (Å²) in [5.41, 5.74) is -0.362. The van der Waals surface area contributed by atoms with Crippen molar-refractivity contribution in [3.63, 3.8) is 0 Å². The first-order valence-corrected chi connectivity index (χ1v) is 12.6. The molecule has 0 amide bonds. The Hall–Kier alpha value is -3.13. The van der Waals surface area contributed by atoms with E-state index in [0.29, 0.717) is 13.0 Å². The predicted octanol–water partition coefficient (Wildman–Crippen LogP) is 5.98. The molecule has 2 aromatic carbocycles. The Balaban J connectivity index is 1.45. The second-order valence-electron chi connectivity index (χ2n) is 9.20. The summed E-state index contributed by atoms with van der Waals surface area (Å²) in [5, 5.41) is 21.7. The third kappa shape index (κ3) is 3.49. The van der Waals surface area contributed by atoms with Crippen molar-refractivity contribution in [1.82, 2.24) is 14.9 Å². The van der Waals surface area contributed by atoms with Gasteiger partial charge in [0.25, 0.3) is 0 Å². The van der Waals surface area contributed by atoms with Crippen molar-refractivity contribution < 1.29 is 23.0 Å². The van der Waals surface area contributed by atoms with Crippen molar-refractivity contribution >= 4 is 43.9 Å². The third-order valence-electron chi connectivity index (χ3n) is 7.14. The zero-order chi connectivity index (χ0) is 25.2. The molecule has 2 fully saturated rings. The summed E-state index contributed by atoms with van der Waals surface area (Å²) >= 11 is 7.47. The summed E-state index contributed by atoms with van der Waals surface area (Å²) in [6, 6.07) is 5.64. The Labute approximate surface area is 212 Å². The molecule has 2 aliphatic heterocycles. The summed E-state index contributed by atoms with van der Waals surface area (Å²) in [6.45, 7) is 1.24. The molecule has 4 heterocycles. The lowest BCUT2D eigenvalue weighted by atomic mass is 9.95. The number of aromatic nitrogens is 2. The molecule has 0 saturated carbocycles. The highest BCUT2D eigenvalue weighted by Gasteiger charge is 2.49. The van der Waals surface area contributed by atoms with Gasteiger partial charge in [0.05, 0.1) is 26.2 Å². The number of fused-ring (bicyclic) bond motifs is 3. The Morgan fingerprint density at radius 1 is 1.33 bits per heavy atom. The number of thiophene rings is 1. The maximum Gasteiger partial charge on any atom is 0.320 e. The van der Waals surface area contributed by atoms with Crippen molar-refractivity contribution in [3.8, 4) is 29.1 Å². The Bertz CT molecular complexity index is 1590. The van der Waals surface area contributed by atoms with Crippen molar-refractivity contribution in [2.45, 2.75) is 31.0 Å². The van der Waals surface area contributed by atoms with E-state index in [0.717, 1.165) is 30.7 Å². The summed E-state index contributed by atoms with van der Waals surface area (Å²) in [4.78, 5) is 10.2. The first-order chi connectivity index (χ1) is 17.3. The zero-order valence-electron chi connectivity index (χ0n) is 18.7. The minimum absolute atomic E-state index is 0.0249. The third-order valence-corrected chi connectivity index (χ3v) is 8.42. The van der Waals surface area contributed by atoms with Crippen LogP contribution in [0.3, 0.4) is 0 Å². The van der Waals surface area contributed by atoms with Gasteiger partial charge in [-0.05, 0) is 37.1 Å². The molecule has 2 aromatic heterocycles. The minimum atomic E-state index is -0.940. The van der Waals surface area contributed by atoms with E-state index in [1.54, 1.807) is 0 Å². The van der Waals surface area contributed by atoms with Crippen LogP contribution >= 0.6 is 22.9 Å². The Morgan fingerprint density at radius 2 is 2.17 bits per heavy atom. The number of benzene rings is 2. The number of nitrogens with zero attached hydrogens (tertiary/aromatic N) is 4. The molecule has 6 rings (SSSR count). The molecule has 6 nitrogen and oxygen atoms in total. The average Bonchev–Trinajstić information content (AvgIpc) is 3.52. The van der Waals surface area contributed by atoms with Gasteiger partial charge in [-0.15, -0.1) is 11.3 Å². The fraction of sp³-hybridized carbons (Fsp3) is 0.320. The van der Waals surface area contributed by atoms with E-state index < -0.39 is 29.2 Å². The monoisotopic (exact) mass is 530 g/mol. The van der Waals surface area contributed by atoms with Crippen LogP contribution in [-0.4, -0.2) is 51.4 Å². The van der Waals surface area contributed by atoms with Gasteiger partial charge in [-0.2, -0.15) is 15.2 Å². The number of rotatable bonds is 4. The van der Waals surface area contributed by atoms with Crippen LogP contribution in [0, 0.1) is 23.0 Å². The SMILES string of the molecule is N#Cc1csc2c(F)ccc(-c3c(Cl)cc4c(O)nc(OC[C@@]56CCCN5C[C@H](F)C6)nc4c3F)c12. The molecule has 0 aliphatic carbocycles. The van der Waals surface area contributed by atoms with Gasteiger partial charge in [-0.1, -0.05) is 17.7 Å². The van der Waals surface area contributed by atoms with Crippen molar-refractivity contribution in [3.05, 3.63) is 45.8 Å². The van der Waals surface area contributed by atoms with Gasteiger partial charge < -0.3 is 9.84 Å². The first-order valence-electron chi connectivity index (χ1n) is 11.3. The lowest BCUT2D eigenvalue weighted by molar-refractivity contribution is 0.107. The van der Waals surface area contributed by atoms with E-state index in [9.17, 15) is 19.1 Å². The van der Waals surface area contributed by atoms with E-state index in [1.807, 2.05) is 6.07 Å². The quantitative estimate of drug-likeness (QED) is 0.350. The molecule has 2 atom stereocenters. The van der Waals surface area contributed by atoms with Crippen LogP contribution in [0.15, 0.2) is 23.6 Å². The maximum atomic E-state index is 16.0. The first kappa shape index (κ1) is 23.3. The van der Waals surface area contributed by atoms with Gasteiger partial charge in [0, 0.05) is 29.3 Å². The number of ether oxygens (including phenoxy) is 1. The van der Waals surface area contributed by atoms with Crippen LogP contribution in [0.25, 0.3) is 32.1 Å². The molecule has 184 valence electrons. The molecule has 36 heavy (non-hydrogen) atoms. The van der Waals surface area contributed by atoms with Crippen LogP contribution in [0.2, 0.25) is 5.02 Å². The summed E-state index contributed by atoms with van der Waals surface area (Å²) in [7, 11) is 0. The van der Waals surface area contributed by atoms with Crippen LogP contribution in [-0.2, 0) is 0 Å². The van der Waals surface area contributed by atoms with Gasteiger partial charge in [-0.3, -0.25) is 4.90 Å². The number of aromatic hydroxyl groups is 1. The number of hydrogen-bond donors (Lipinski definition) is 1. The fourth-order valence-electron chi connectivity index (χ4n) is 5.53. The molecule has 0 bridgehead atoms. The second kappa shape index (κ2) is 8.47. The summed E-state index contributed by atoms with van der Waals surface area (Å²) in [5.74, 6) is -1.92. The molecule has 0 radical (unpaired) electrons. The van der Waals surface area contributed by atoms with Gasteiger partial charge in [0.1, 0.15) is 30.2 Å². The molecule has 4 aromatic rings. The topological polar surface area (TPSA) is 82.3 Å². The van der Waals surface area contributed by atoms with Crippen LogP contribution in [0.4, 0.5) is 13.2 Å². The van der Waals surface area contributed by atoms with Gasteiger partial charge >= 0.3 is 6.01 Å². The number of alkyl halides is 1. The van der Waals surface area contributed by atoms with E-state index in [1.165, 1.54) is 23.6 Å². The van der Waals surface area contributed by atoms with E-state index in [4.69, 9.17) is 16.3 Å².